The van der Waals surface area contributed by atoms with Crippen molar-refractivity contribution in [3.63, 3.8) is 0 Å². The van der Waals surface area contributed by atoms with E-state index in [4.69, 9.17) is 4.74 Å². The van der Waals surface area contributed by atoms with Crippen LogP contribution in [0.3, 0.4) is 0 Å². The number of carbonyl (C=O) groups is 1. The zero-order valence-electron chi connectivity index (χ0n) is 16.6. The standard InChI is InChI=1S/C22H26N2O4S/c1-16-14-19(29(26,27)24-13-12-17-6-2-5-9-20(17)24)10-11-21(16)28-15-22(25)23-18-7-3-4-8-18/h2,5-6,9-11,14,18H,3-4,7-8,12-13,15H2,1H3,(H,23,25). The van der Waals surface area contributed by atoms with Gasteiger partial charge in [-0.05, 0) is 61.6 Å². The lowest BCUT2D eigenvalue weighted by molar-refractivity contribution is -0.123. The van der Waals surface area contributed by atoms with Crippen molar-refractivity contribution >= 4 is 21.6 Å². The molecule has 2 aromatic rings. The van der Waals surface area contributed by atoms with Gasteiger partial charge in [0.15, 0.2) is 6.61 Å². The number of nitrogens with zero attached hydrogens (tertiary/aromatic N) is 1. The van der Waals surface area contributed by atoms with Crippen molar-refractivity contribution in [2.45, 2.75) is 50.0 Å². The minimum atomic E-state index is -3.64. The zero-order valence-corrected chi connectivity index (χ0v) is 17.4. The minimum Gasteiger partial charge on any atom is -0.484 e. The van der Waals surface area contributed by atoms with Crippen molar-refractivity contribution < 1.29 is 17.9 Å². The number of fused-ring (bicyclic) bond motifs is 1. The smallest absolute Gasteiger partial charge is 0.264 e. The molecule has 6 nitrogen and oxygen atoms in total. The second-order valence-electron chi connectivity index (χ2n) is 7.72. The lowest BCUT2D eigenvalue weighted by Gasteiger charge is -2.20. The number of benzene rings is 2. The molecule has 1 amide bonds. The Hall–Kier alpha value is -2.54. The topological polar surface area (TPSA) is 75.7 Å². The normalized spacial score (nSPS) is 16.7. The molecule has 2 aliphatic rings. The molecule has 0 spiro atoms. The Balaban J connectivity index is 1.45. The Bertz CT molecular complexity index is 1010. The third-order valence-corrected chi connectivity index (χ3v) is 7.47. The van der Waals surface area contributed by atoms with Crippen LogP contribution in [-0.4, -0.2) is 33.5 Å². The van der Waals surface area contributed by atoms with Gasteiger partial charge in [0.2, 0.25) is 0 Å². The van der Waals surface area contributed by atoms with Crippen LogP contribution < -0.4 is 14.4 Å². The van der Waals surface area contributed by atoms with E-state index in [1.807, 2.05) is 24.3 Å². The summed E-state index contributed by atoms with van der Waals surface area (Å²) < 4.78 is 33.4. The summed E-state index contributed by atoms with van der Waals surface area (Å²) in [6, 6.07) is 12.6. The highest BCUT2D eigenvalue weighted by atomic mass is 32.2. The molecular weight excluding hydrogens is 388 g/mol. The van der Waals surface area contributed by atoms with Crippen LogP contribution in [0.1, 0.15) is 36.8 Å². The Labute approximate surface area is 171 Å². The first-order chi connectivity index (χ1) is 13.9. The van der Waals surface area contributed by atoms with Gasteiger partial charge in [0.25, 0.3) is 15.9 Å². The number of anilines is 1. The van der Waals surface area contributed by atoms with E-state index in [1.54, 1.807) is 25.1 Å². The first-order valence-electron chi connectivity index (χ1n) is 10.1. The number of hydrogen-bond acceptors (Lipinski definition) is 4. The van der Waals surface area contributed by atoms with Crippen molar-refractivity contribution in [2.75, 3.05) is 17.5 Å². The molecule has 0 saturated heterocycles. The van der Waals surface area contributed by atoms with Crippen LogP contribution >= 0.6 is 0 Å². The van der Waals surface area contributed by atoms with Crippen molar-refractivity contribution in [3.8, 4) is 5.75 Å². The number of para-hydroxylation sites is 1. The van der Waals surface area contributed by atoms with Gasteiger partial charge in [-0.15, -0.1) is 0 Å². The van der Waals surface area contributed by atoms with Gasteiger partial charge < -0.3 is 10.1 Å². The molecule has 154 valence electrons. The average Bonchev–Trinajstić information content (AvgIpc) is 3.36. The third-order valence-electron chi connectivity index (χ3n) is 5.66. The molecule has 1 aliphatic heterocycles. The van der Waals surface area contributed by atoms with E-state index in [0.29, 0.717) is 24.3 Å². The monoisotopic (exact) mass is 414 g/mol. The Kier molecular flexibility index (Phi) is 5.50. The van der Waals surface area contributed by atoms with Crippen LogP contribution in [0, 0.1) is 6.92 Å². The van der Waals surface area contributed by atoms with Crippen LogP contribution in [0.25, 0.3) is 0 Å². The molecule has 0 bridgehead atoms. The summed E-state index contributed by atoms with van der Waals surface area (Å²) in [4.78, 5) is 12.3. The minimum absolute atomic E-state index is 0.0665. The van der Waals surface area contributed by atoms with Crippen molar-refractivity contribution in [2.24, 2.45) is 0 Å². The number of aryl methyl sites for hydroxylation is 1. The summed E-state index contributed by atoms with van der Waals surface area (Å²) in [5, 5.41) is 2.98. The first-order valence-corrected chi connectivity index (χ1v) is 11.5. The van der Waals surface area contributed by atoms with Crippen molar-refractivity contribution in [1.29, 1.82) is 0 Å². The first kappa shape index (κ1) is 19.8. The van der Waals surface area contributed by atoms with E-state index in [9.17, 15) is 13.2 Å². The number of hydrogen-bond donors (Lipinski definition) is 1. The Morgan fingerprint density at radius 2 is 1.93 bits per heavy atom. The second kappa shape index (κ2) is 8.06. The van der Waals surface area contributed by atoms with Gasteiger partial charge in [-0.25, -0.2) is 8.42 Å². The predicted molar refractivity (Wildman–Crippen MR) is 112 cm³/mol. The maximum atomic E-state index is 13.1. The van der Waals surface area contributed by atoms with Gasteiger partial charge in [0.05, 0.1) is 10.6 Å². The fourth-order valence-electron chi connectivity index (χ4n) is 4.11. The van der Waals surface area contributed by atoms with E-state index in [1.165, 1.54) is 4.31 Å². The number of carbonyl (C=O) groups excluding carboxylic acids is 1. The predicted octanol–water partition coefficient (Wildman–Crippen LogP) is 3.18. The zero-order chi connectivity index (χ0) is 20.4. The summed E-state index contributed by atoms with van der Waals surface area (Å²) >= 11 is 0. The fourth-order valence-corrected chi connectivity index (χ4v) is 5.70. The van der Waals surface area contributed by atoms with Gasteiger partial charge in [-0.1, -0.05) is 31.0 Å². The van der Waals surface area contributed by atoms with Crippen LogP contribution in [0.5, 0.6) is 5.75 Å². The molecule has 29 heavy (non-hydrogen) atoms. The molecule has 1 heterocycles. The molecule has 1 saturated carbocycles. The molecule has 1 N–H and O–H groups in total. The molecule has 1 aliphatic carbocycles. The van der Waals surface area contributed by atoms with Crippen LogP contribution in [0.15, 0.2) is 47.4 Å². The lowest BCUT2D eigenvalue weighted by Crippen LogP contribution is -2.36. The molecular formula is C22H26N2O4S. The summed E-state index contributed by atoms with van der Waals surface area (Å²) in [5.74, 6) is 0.383. The van der Waals surface area contributed by atoms with E-state index >= 15 is 0 Å². The highest BCUT2D eigenvalue weighted by molar-refractivity contribution is 7.92. The molecule has 0 aromatic heterocycles. The van der Waals surface area contributed by atoms with Gasteiger partial charge in [-0.3, -0.25) is 9.10 Å². The highest BCUT2D eigenvalue weighted by Crippen LogP contribution is 2.33. The van der Waals surface area contributed by atoms with Gasteiger partial charge in [0.1, 0.15) is 5.75 Å². The Morgan fingerprint density at radius 3 is 2.69 bits per heavy atom. The van der Waals surface area contributed by atoms with Gasteiger partial charge in [-0.2, -0.15) is 0 Å². The van der Waals surface area contributed by atoms with Crippen molar-refractivity contribution in [1.82, 2.24) is 5.32 Å². The quantitative estimate of drug-likeness (QED) is 0.788. The number of amides is 1. The second-order valence-corrected chi connectivity index (χ2v) is 9.58. The number of rotatable bonds is 6. The summed E-state index contributed by atoms with van der Waals surface area (Å²) in [6.07, 6.45) is 5.07. The van der Waals surface area contributed by atoms with Gasteiger partial charge >= 0.3 is 0 Å². The number of nitrogens with one attached hydrogen (secondary N) is 1. The SMILES string of the molecule is Cc1cc(S(=O)(=O)N2CCc3ccccc32)ccc1OCC(=O)NC1CCCC1. The highest BCUT2D eigenvalue weighted by Gasteiger charge is 2.30. The summed E-state index contributed by atoms with van der Waals surface area (Å²) in [7, 11) is -3.64. The fraction of sp³-hybridized carbons (Fsp3) is 0.409. The Morgan fingerprint density at radius 1 is 1.17 bits per heavy atom. The molecule has 0 unspecified atom stereocenters. The maximum Gasteiger partial charge on any atom is 0.264 e. The third kappa shape index (κ3) is 4.10. The van der Waals surface area contributed by atoms with Gasteiger partial charge in [0, 0.05) is 12.6 Å². The van der Waals surface area contributed by atoms with Crippen LogP contribution in [0.4, 0.5) is 5.69 Å². The molecule has 4 rings (SSSR count). The molecule has 0 radical (unpaired) electrons. The number of ether oxygens (including phenoxy) is 1. The van der Waals surface area contributed by atoms with E-state index in [0.717, 1.165) is 36.9 Å². The van der Waals surface area contributed by atoms with Crippen LogP contribution in [-0.2, 0) is 21.2 Å². The molecule has 1 fully saturated rings. The molecule has 0 atom stereocenters. The average molecular weight is 415 g/mol. The summed E-state index contributed by atoms with van der Waals surface area (Å²) in [5.41, 5.74) is 2.47. The molecule has 7 heteroatoms. The summed E-state index contributed by atoms with van der Waals surface area (Å²) in [6.45, 7) is 2.17. The molecule has 2 aromatic carbocycles. The van der Waals surface area contributed by atoms with E-state index in [-0.39, 0.29) is 23.5 Å². The lowest BCUT2D eigenvalue weighted by atomic mass is 10.2. The van der Waals surface area contributed by atoms with E-state index in [2.05, 4.69) is 5.32 Å². The van der Waals surface area contributed by atoms with Crippen LogP contribution in [0.2, 0.25) is 0 Å². The maximum absolute atomic E-state index is 13.1. The van der Waals surface area contributed by atoms with E-state index < -0.39 is 10.0 Å². The van der Waals surface area contributed by atoms with Crippen molar-refractivity contribution in [3.05, 3.63) is 53.6 Å². The number of sulfonamides is 1. The largest absolute Gasteiger partial charge is 0.484 e.